The number of rotatable bonds is 5. The molecule has 0 atom stereocenters. The molecule has 1 fully saturated rings. The summed E-state index contributed by atoms with van der Waals surface area (Å²) in [5.41, 5.74) is 4.16. The lowest BCUT2D eigenvalue weighted by Gasteiger charge is -2.20. The molecule has 6 rings (SSSR count). The van der Waals surface area contributed by atoms with Crippen LogP contribution in [0.25, 0.3) is 26.6 Å². The Kier molecular flexibility index (Phi) is 5.96. The normalized spacial score (nSPS) is 14.9. The minimum absolute atomic E-state index is 0.0371. The molecule has 2 aromatic carbocycles. The van der Waals surface area contributed by atoms with Crippen LogP contribution in [0.15, 0.2) is 64.5 Å². The van der Waals surface area contributed by atoms with Crippen LogP contribution in [0.5, 0.6) is 0 Å². The average Bonchev–Trinajstić information content (AvgIpc) is 3.60. The van der Waals surface area contributed by atoms with Crippen molar-refractivity contribution < 1.29 is 0 Å². The van der Waals surface area contributed by atoms with Gasteiger partial charge in [-0.2, -0.15) is 0 Å². The Morgan fingerprint density at radius 1 is 1.03 bits per heavy atom. The van der Waals surface area contributed by atoms with Crippen molar-refractivity contribution in [3.8, 4) is 11.4 Å². The second kappa shape index (κ2) is 9.16. The highest BCUT2D eigenvalue weighted by Crippen LogP contribution is 2.37. The molecule has 5 aromatic rings. The van der Waals surface area contributed by atoms with Crippen molar-refractivity contribution in [1.29, 1.82) is 0 Å². The summed E-state index contributed by atoms with van der Waals surface area (Å²) in [6.45, 7) is 6.69. The van der Waals surface area contributed by atoms with Crippen LogP contribution in [0, 0.1) is 0 Å². The van der Waals surface area contributed by atoms with Crippen molar-refractivity contribution in [3.63, 3.8) is 0 Å². The van der Waals surface area contributed by atoms with Crippen LogP contribution >= 0.6 is 23.1 Å². The van der Waals surface area contributed by atoms with E-state index in [1.807, 2.05) is 24.3 Å². The molecule has 0 unspecified atom stereocenters. The molecule has 0 saturated heterocycles. The molecule has 0 amide bonds. The van der Waals surface area contributed by atoms with Gasteiger partial charge in [-0.15, -0.1) is 10.2 Å². The molecule has 184 valence electrons. The van der Waals surface area contributed by atoms with Gasteiger partial charge in [0.15, 0.2) is 15.9 Å². The number of hydrogen-bond acceptors (Lipinski definition) is 6. The number of fused-ring (bicyclic) bond motifs is 3. The summed E-state index contributed by atoms with van der Waals surface area (Å²) in [7, 11) is 0. The van der Waals surface area contributed by atoms with Crippen LogP contribution in [-0.2, 0) is 11.2 Å². The largest absolute Gasteiger partial charge is 0.299 e. The van der Waals surface area contributed by atoms with Crippen molar-refractivity contribution in [2.75, 3.05) is 0 Å². The monoisotopic (exact) mass is 515 g/mol. The fourth-order valence-electron chi connectivity index (χ4n) is 5.02. The summed E-state index contributed by atoms with van der Waals surface area (Å²) >= 11 is 3.17. The van der Waals surface area contributed by atoms with Crippen molar-refractivity contribution in [2.45, 2.75) is 68.8 Å². The smallest absolute Gasteiger partial charge is 0.259 e. The zero-order valence-corrected chi connectivity index (χ0v) is 22.4. The van der Waals surface area contributed by atoms with Crippen molar-refractivity contribution in [3.05, 3.63) is 76.2 Å². The van der Waals surface area contributed by atoms with E-state index in [0.717, 1.165) is 50.3 Å². The van der Waals surface area contributed by atoms with Gasteiger partial charge in [0.25, 0.3) is 5.56 Å². The summed E-state index contributed by atoms with van der Waals surface area (Å²) in [5.74, 6) is 1.51. The lowest BCUT2D eigenvalue weighted by Crippen LogP contribution is -2.13. The molecule has 6 nitrogen and oxygen atoms in total. The maximum Gasteiger partial charge on any atom is 0.259 e. The molecule has 0 spiro atoms. The van der Waals surface area contributed by atoms with Crippen LogP contribution in [-0.4, -0.2) is 24.1 Å². The van der Waals surface area contributed by atoms with E-state index in [1.54, 1.807) is 33.6 Å². The number of aromatic nitrogens is 5. The summed E-state index contributed by atoms with van der Waals surface area (Å²) in [6.07, 6.45) is 4.75. The van der Waals surface area contributed by atoms with E-state index in [0.29, 0.717) is 11.8 Å². The summed E-state index contributed by atoms with van der Waals surface area (Å²) < 4.78 is 5.10. The predicted molar refractivity (Wildman–Crippen MR) is 148 cm³/mol. The SMILES string of the molecule is CC(C)(C)c1ccc(-c2nnc(SCc3cc(=O)n4c(n3)sc3ccccc34)n2C2CCCC2)cc1. The highest BCUT2D eigenvalue weighted by molar-refractivity contribution is 7.98. The van der Waals surface area contributed by atoms with E-state index in [1.165, 1.54) is 18.4 Å². The van der Waals surface area contributed by atoms with Crippen molar-refractivity contribution in [1.82, 2.24) is 24.1 Å². The third-order valence-corrected chi connectivity index (χ3v) is 8.96. The van der Waals surface area contributed by atoms with Gasteiger partial charge in [-0.3, -0.25) is 13.8 Å². The topological polar surface area (TPSA) is 65.1 Å². The Morgan fingerprint density at radius 3 is 2.53 bits per heavy atom. The summed E-state index contributed by atoms with van der Waals surface area (Å²) in [6, 6.07) is 18.7. The number of benzene rings is 2. The van der Waals surface area contributed by atoms with E-state index in [4.69, 9.17) is 4.98 Å². The van der Waals surface area contributed by atoms with Gasteiger partial charge in [0.1, 0.15) is 0 Å². The van der Waals surface area contributed by atoms with Crippen LogP contribution in [0.4, 0.5) is 0 Å². The quantitative estimate of drug-likeness (QED) is 0.239. The number of para-hydroxylation sites is 1. The molecule has 0 aliphatic heterocycles. The Balaban J connectivity index is 1.32. The van der Waals surface area contributed by atoms with Crippen LogP contribution < -0.4 is 5.56 Å². The van der Waals surface area contributed by atoms with E-state index in [9.17, 15) is 4.79 Å². The molecule has 36 heavy (non-hydrogen) atoms. The highest BCUT2D eigenvalue weighted by atomic mass is 32.2. The van der Waals surface area contributed by atoms with Gasteiger partial charge in [-0.1, -0.05) is 93.1 Å². The van der Waals surface area contributed by atoms with Crippen LogP contribution in [0.2, 0.25) is 0 Å². The molecular formula is C28H29N5OS2. The van der Waals surface area contributed by atoms with E-state index in [-0.39, 0.29) is 11.0 Å². The molecule has 8 heteroatoms. The van der Waals surface area contributed by atoms with Crippen molar-refractivity contribution >= 4 is 38.3 Å². The van der Waals surface area contributed by atoms with Gasteiger partial charge in [-0.25, -0.2) is 4.98 Å². The molecule has 1 aliphatic carbocycles. The standard InChI is InChI=1S/C28H29N5OS2/c1-28(2,3)19-14-12-18(13-15-19)25-30-31-27(32(25)21-8-4-5-9-21)35-17-20-16-24(34)33-22-10-6-7-11-23(22)36-26(33)29-20/h6-7,10-16,21H,4-5,8-9,17H2,1-3H3. The van der Waals surface area contributed by atoms with E-state index < -0.39 is 0 Å². The van der Waals surface area contributed by atoms with Gasteiger partial charge in [0, 0.05) is 23.4 Å². The molecule has 3 aromatic heterocycles. The van der Waals surface area contributed by atoms with Crippen molar-refractivity contribution in [2.24, 2.45) is 0 Å². The molecular weight excluding hydrogens is 486 g/mol. The van der Waals surface area contributed by atoms with Gasteiger partial charge in [-0.05, 0) is 36.0 Å². The lowest BCUT2D eigenvalue weighted by molar-refractivity contribution is 0.485. The first-order chi connectivity index (χ1) is 17.4. The number of thiazole rings is 1. The Bertz CT molecular complexity index is 1600. The predicted octanol–water partition coefficient (Wildman–Crippen LogP) is 6.87. The van der Waals surface area contributed by atoms with E-state index >= 15 is 0 Å². The van der Waals surface area contributed by atoms with Gasteiger partial charge in [0.05, 0.1) is 15.9 Å². The number of hydrogen-bond donors (Lipinski definition) is 0. The Hall–Kier alpha value is -2.97. The second-order valence-corrected chi connectivity index (χ2v) is 12.5. The zero-order valence-electron chi connectivity index (χ0n) is 20.8. The van der Waals surface area contributed by atoms with Gasteiger partial charge in [0.2, 0.25) is 0 Å². The third-order valence-electron chi connectivity index (χ3n) is 6.96. The fourth-order valence-corrected chi connectivity index (χ4v) is 6.97. The third kappa shape index (κ3) is 4.26. The molecule has 0 radical (unpaired) electrons. The summed E-state index contributed by atoms with van der Waals surface area (Å²) in [5, 5.41) is 10.1. The summed E-state index contributed by atoms with van der Waals surface area (Å²) in [4.78, 5) is 18.5. The van der Waals surface area contributed by atoms with Crippen LogP contribution in [0.3, 0.4) is 0 Å². The van der Waals surface area contributed by atoms with Gasteiger partial charge >= 0.3 is 0 Å². The second-order valence-electron chi connectivity index (χ2n) is 10.5. The minimum atomic E-state index is -0.0371. The first-order valence-electron chi connectivity index (χ1n) is 12.5. The van der Waals surface area contributed by atoms with Gasteiger partial charge < -0.3 is 0 Å². The first-order valence-corrected chi connectivity index (χ1v) is 14.3. The zero-order chi connectivity index (χ0) is 24.9. The maximum atomic E-state index is 12.9. The van der Waals surface area contributed by atoms with Crippen LogP contribution in [0.1, 0.15) is 63.8 Å². The highest BCUT2D eigenvalue weighted by Gasteiger charge is 2.25. The lowest BCUT2D eigenvalue weighted by atomic mass is 9.86. The van der Waals surface area contributed by atoms with E-state index in [2.05, 4.69) is 59.8 Å². The minimum Gasteiger partial charge on any atom is -0.299 e. The number of nitrogens with zero attached hydrogens (tertiary/aromatic N) is 5. The fraction of sp³-hybridized carbons (Fsp3) is 0.357. The first kappa shape index (κ1) is 23.4. The molecule has 3 heterocycles. The Labute approximate surface area is 218 Å². The maximum absolute atomic E-state index is 12.9. The molecule has 1 saturated carbocycles. The number of thioether (sulfide) groups is 1. The molecule has 1 aliphatic rings. The Morgan fingerprint density at radius 2 is 1.78 bits per heavy atom. The molecule has 0 bridgehead atoms. The average molecular weight is 516 g/mol. The molecule has 0 N–H and O–H groups in total.